The molecule has 1 aromatic heterocycles. The Morgan fingerprint density at radius 2 is 1.86 bits per heavy atom. The van der Waals surface area contributed by atoms with Crippen LogP contribution in [0.25, 0.3) is 0 Å². The van der Waals surface area contributed by atoms with E-state index in [1.165, 1.54) is 16.7 Å². The lowest BCUT2D eigenvalue weighted by Gasteiger charge is -2.52. The summed E-state index contributed by atoms with van der Waals surface area (Å²) in [6, 6.07) is 0.965. The molecule has 0 radical (unpaired) electrons. The fraction of sp³-hybridized carbons (Fsp3) is 0.448. The lowest BCUT2D eigenvalue weighted by Crippen LogP contribution is -2.71. The van der Waals surface area contributed by atoms with Gasteiger partial charge < -0.3 is 46.1 Å². The highest BCUT2D eigenvalue weighted by molar-refractivity contribution is 8.00. The van der Waals surface area contributed by atoms with Crippen molar-refractivity contribution < 1.29 is 53.7 Å². The number of nitrogens with one attached hydrogen (secondary N) is 2. The van der Waals surface area contributed by atoms with Crippen LogP contribution in [0.4, 0.5) is 5.13 Å². The van der Waals surface area contributed by atoms with Gasteiger partial charge in [0.25, 0.3) is 17.7 Å². The number of phenolic OH excluding ortho intramolecular Hbond substituents is 2. The number of piperidine rings is 3. The Labute approximate surface area is 296 Å². The Balaban J connectivity index is 1.16. The van der Waals surface area contributed by atoms with Crippen molar-refractivity contribution in [1.29, 1.82) is 0 Å². The van der Waals surface area contributed by atoms with Crippen molar-refractivity contribution >= 4 is 75.4 Å². The van der Waals surface area contributed by atoms with Crippen LogP contribution >= 0.6 is 34.9 Å². The van der Waals surface area contributed by atoms with E-state index in [-0.39, 0.29) is 22.2 Å². The summed E-state index contributed by atoms with van der Waals surface area (Å²) in [5, 5.41) is 46.4. The van der Waals surface area contributed by atoms with Gasteiger partial charge in [-0.1, -0.05) is 16.8 Å². The molecule has 6 heterocycles. The van der Waals surface area contributed by atoms with Crippen LogP contribution in [-0.2, 0) is 24.0 Å². The molecule has 3 atom stereocenters. The first-order chi connectivity index (χ1) is 23.8. The number of benzene rings is 1. The molecular weight excluding hydrogens is 720 g/mol. The third kappa shape index (κ3) is 6.74. The third-order valence-electron chi connectivity index (χ3n) is 9.30. The lowest BCUT2D eigenvalue weighted by atomic mass is 9.85. The van der Waals surface area contributed by atoms with E-state index >= 15 is 0 Å². The largest absolute Gasteiger partial charge is 0.504 e. The number of nitrogens with two attached hydrogens (primary N) is 1. The zero-order valence-electron chi connectivity index (χ0n) is 26.1. The number of halogens is 1. The molecule has 5 aliphatic rings. The average molecular weight is 752 g/mol. The number of carboxylic acid groups (broad SMARTS) is 2. The molecule has 21 heteroatoms. The van der Waals surface area contributed by atoms with Crippen LogP contribution in [-0.4, -0.2) is 131 Å². The van der Waals surface area contributed by atoms with Gasteiger partial charge in [-0.05, 0) is 37.3 Å². The fourth-order valence-corrected chi connectivity index (χ4v) is 8.62. The summed E-state index contributed by atoms with van der Waals surface area (Å²) in [5.41, 5.74) is 5.41. The molecule has 4 saturated heterocycles. The number of fused-ring (bicyclic) bond motifs is 4. The molecule has 50 heavy (non-hydrogen) atoms. The predicted octanol–water partition coefficient (Wildman–Crippen LogP) is 0.158. The van der Waals surface area contributed by atoms with Gasteiger partial charge in [-0.2, -0.15) is 9.36 Å². The van der Waals surface area contributed by atoms with Crippen LogP contribution < -0.4 is 16.4 Å². The minimum absolute atomic E-state index is 0.0570. The Morgan fingerprint density at radius 1 is 1.16 bits per heavy atom. The molecule has 18 nitrogen and oxygen atoms in total. The molecule has 3 amide bonds. The number of quaternary nitrogens is 1. The topological polar surface area (TPSA) is 267 Å². The number of rotatable bonds is 12. The van der Waals surface area contributed by atoms with Crippen LogP contribution in [0.1, 0.15) is 35.4 Å². The van der Waals surface area contributed by atoms with E-state index in [9.17, 15) is 44.4 Å². The quantitative estimate of drug-likeness (QED) is 0.0501. The van der Waals surface area contributed by atoms with Crippen LogP contribution in [0.5, 0.6) is 11.5 Å². The molecule has 8 N–H and O–H groups in total. The summed E-state index contributed by atoms with van der Waals surface area (Å²) in [7, 11) is 0. The van der Waals surface area contributed by atoms with Gasteiger partial charge in [0.15, 0.2) is 16.6 Å². The number of hydrogen-bond acceptors (Lipinski definition) is 14. The number of thioether (sulfide) groups is 1. The van der Waals surface area contributed by atoms with Gasteiger partial charge in [0.1, 0.15) is 23.7 Å². The number of β-lactam (4-membered cyclic amide) rings is 1. The number of carbonyl (C=O) groups is 5. The lowest BCUT2D eigenvalue weighted by molar-refractivity contribution is -0.938. The number of hydrogen-bond donors (Lipinski definition) is 7. The standard InChI is InChI=1S/C29H31ClN8O10S2/c30-17-14(1-2-15(39)21(17)40)23(41)32-9-16(27(44)45)48-35-18(22-34-29(31)50-36-22)24(42)33-19-25(43)37-20(28(46)47)13(11-49-26(19)37)10-38-6-3-12(4-7-38)5-8-38/h1-2,12,16,19,26H,3-11H2,(H7-,31,32,33,34,35,36,39,40,41,42,44,45,46,47)/p+1/t12?,16-,19+,26+,38?/m0/s1. The van der Waals surface area contributed by atoms with Gasteiger partial charge in [0.05, 0.1) is 36.8 Å². The number of amides is 3. The number of nitrogens with zero attached hydrogens (tertiary/aromatic N) is 5. The van der Waals surface area contributed by atoms with Gasteiger partial charge >= 0.3 is 11.9 Å². The van der Waals surface area contributed by atoms with Crippen molar-refractivity contribution in [1.82, 2.24) is 24.9 Å². The highest BCUT2D eigenvalue weighted by Gasteiger charge is 2.55. The van der Waals surface area contributed by atoms with Gasteiger partial charge in [0.2, 0.25) is 17.6 Å². The van der Waals surface area contributed by atoms with Gasteiger partial charge in [-0.15, -0.1) is 11.8 Å². The van der Waals surface area contributed by atoms with Gasteiger partial charge in [-0.25, -0.2) is 9.59 Å². The molecule has 1 aromatic carbocycles. The number of oxime groups is 1. The Morgan fingerprint density at radius 3 is 2.48 bits per heavy atom. The first kappa shape index (κ1) is 35.2. The maximum absolute atomic E-state index is 13.5. The number of aromatic nitrogens is 2. The van der Waals surface area contributed by atoms with E-state index in [1.54, 1.807) is 0 Å². The van der Waals surface area contributed by atoms with Crippen molar-refractivity contribution in [2.45, 2.75) is 36.8 Å². The SMILES string of the molecule is Nc1nc(/C(=N/O[C@@H](CNC(=O)c2ccc(O)c(O)c2Cl)C(=O)O)C(=O)N[C@@H]2C(=O)N3C(C(=O)O)=C(C[N+]45CCC(CC4)CC5)CS[C@H]23)ns1. The maximum Gasteiger partial charge on any atom is 0.352 e. The van der Waals surface area contributed by atoms with Crippen LogP contribution in [0.2, 0.25) is 5.02 Å². The second kappa shape index (κ2) is 13.9. The van der Waals surface area contributed by atoms with Crippen molar-refractivity contribution in [2.75, 3.05) is 44.2 Å². The number of anilines is 1. The summed E-state index contributed by atoms with van der Waals surface area (Å²) in [4.78, 5) is 74.2. The van der Waals surface area contributed by atoms with E-state index < -0.39 is 76.0 Å². The smallest absolute Gasteiger partial charge is 0.352 e. The number of aromatic hydroxyl groups is 2. The summed E-state index contributed by atoms with van der Waals surface area (Å²) in [6.45, 7) is 2.80. The van der Waals surface area contributed by atoms with E-state index in [0.29, 0.717) is 29.4 Å². The fourth-order valence-electron chi connectivity index (χ4n) is 6.61. The molecule has 2 aromatic rings. The number of aliphatic carboxylic acids is 2. The minimum Gasteiger partial charge on any atom is -0.504 e. The van der Waals surface area contributed by atoms with E-state index in [0.717, 1.165) is 61.4 Å². The highest BCUT2D eigenvalue weighted by Crippen LogP contribution is 2.43. The van der Waals surface area contributed by atoms with Crippen LogP contribution in [0.3, 0.4) is 0 Å². The monoisotopic (exact) mass is 751 g/mol. The van der Waals surface area contributed by atoms with E-state index in [2.05, 4.69) is 25.1 Å². The van der Waals surface area contributed by atoms with Crippen LogP contribution in [0.15, 0.2) is 28.6 Å². The average Bonchev–Trinajstić information content (AvgIpc) is 3.53. The van der Waals surface area contributed by atoms with Crippen molar-refractivity contribution in [3.8, 4) is 11.5 Å². The second-order valence-electron chi connectivity index (χ2n) is 12.4. The molecule has 5 aliphatic heterocycles. The number of carboxylic acids is 2. The Kier molecular flexibility index (Phi) is 9.80. The zero-order valence-corrected chi connectivity index (χ0v) is 28.5. The highest BCUT2D eigenvalue weighted by atomic mass is 35.5. The van der Waals surface area contributed by atoms with Crippen LogP contribution in [0, 0.1) is 5.92 Å². The molecule has 0 spiro atoms. The Hall–Kier alpha value is -4.66. The molecule has 2 bridgehead atoms. The number of phenols is 2. The molecule has 266 valence electrons. The summed E-state index contributed by atoms with van der Waals surface area (Å²) < 4.78 is 4.75. The van der Waals surface area contributed by atoms with Gasteiger partial charge in [0, 0.05) is 22.9 Å². The minimum atomic E-state index is -1.87. The molecule has 4 fully saturated rings. The van der Waals surface area contributed by atoms with Gasteiger partial charge in [-0.3, -0.25) is 19.3 Å². The van der Waals surface area contributed by atoms with Crippen molar-refractivity contribution in [3.63, 3.8) is 0 Å². The van der Waals surface area contributed by atoms with Crippen molar-refractivity contribution in [2.24, 2.45) is 11.1 Å². The van der Waals surface area contributed by atoms with Crippen molar-refractivity contribution in [3.05, 3.63) is 39.8 Å². The third-order valence-corrected chi connectivity index (χ3v) is 11.6. The zero-order chi connectivity index (χ0) is 35.9. The molecule has 0 unspecified atom stereocenters. The van der Waals surface area contributed by atoms with E-state index in [4.69, 9.17) is 22.2 Å². The number of nitrogen functional groups attached to an aromatic ring is 1. The second-order valence-corrected chi connectivity index (χ2v) is 14.6. The summed E-state index contributed by atoms with van der Waals surface area (Å²) >= 11 is 7.95. The Bertz CT molecular complexity index is 1810. The first-order valence-corrected chi connectivity index (χ1v) is 17.6. The summed E-state index contributed by atoms with van der Waals surface area (Å²) in [5.74, 6) is -5.96. The maximum atomic E-state index is 13.5. The number of carbonyl (C=O) groups excluding carboxylic acids is 3. The predicted molar refractivity (Wildman–Crippen MR) is 177 cm³/mol. The first-order valence-electron chi connectivity index (χ1n) is 15.4. The molecule has 0 saturated carbocycles. The molecular formula is C29H32ClN8O10S2+. The normalized spacial score (nSPS) is 25.0. The molecule has 7 rings (SSSR count). The molecule has 0 aliphatic carbocycles. The van der Waals surface area contributed by atoms with E-state index in [1.807, 2.05) is 0 Å². The summed E-state index contributed by atoms with van der Waals surface area (Å²) in [6.07, 6.45) is 1.46.